The summed E-state index contributed by atoms with van der Waals surface area (Å²) in [5.74, 6) is 1.57. The van der Waals surface area contributed by atoms with Gasteiger partial charge in [-0.3, -0.25) is 0 Å². The lowest BCUT2D eigenvalue weighted by Gasteiger charge is -2.08. The van der Waals surface area contributed by atoms with Crippen LogP contribution in [0.1, 0.15) is 35.8 Å². The molecule has 0 spiro atoms. The van der Waals surface area contributed by atoms with Crippen molar-refractivity contribution in [1.82, 2.24) is 14.8 Å². The second-order valence-corrected chi connectivity index (χ2v) is 5.70. The van der Waals surface area contributed by atoms with E-state index in [0.29, 0.717) is 12.6 Å². The summed E-state index contributed by atoms with van der Waals surface area (Å²) in [6.07, 6.45) is 2.35. The maximum atomic E-state index is 9.10. The fourth-order valence-corrected chi connectivity index (χ4v) is 3.17. The highest BCUT2D eigenvalue weighted by molar-refractivity contribution is 7.98. The molecule has 0 radical (unpaired) electrons. The maximum absolute atomic E-state index is 9.10. The molecule has 3 rings (SSSR count). The third kappa shape index (κ3) is 2.55. The molecule has 2 N–H and O–H groups in total. The Labute approximate surface area is 121 Å². The quantitative estimate of drug-likeness (QED) is 0.852. The van der Waals surface area contributed by atoms with Crippen LogP contribution in [0.2, 0.25) is 0 Å². The molecule has 0 aliphatic heterocycles. The molecule has 6 heteroatoms. The Morgan fingerprint density at radius 3 is 2.85 bits per heavy atom. The molecule has 1 aliphatic rings. The molecule has 1 aromatic carbocycles. The van der Waals surface area contributed by atoms with Gasteiger partial charge in [0.2, 0.25) is 0 Å². The van der Waals surface area contributed by atoms with Gasteiger partial charge in [-0.05, 0) is 24.5 Å². The lowest BCUT2D eigenvalue weighted by Crippen LogP contribution is -2.08. The number of nitrogens with two attached hydrogens (primary N) is 1. The Kier molecular flexibility index (Phi) is 3.72. The van der Waals surface area contributed by atoms with Crippen molar-refractivity contribution in [3.63, 3.8) is 0 Å². The van der Waals surface area contributed by atoms with Crippen LogP contribution in [-0.4, -0.2) is 14.8 Å². The predicted molar refractivity (Wildman–Crippen MR) is 76.9 cm³/mol. The molecule has 0 bridgehead atoms. The van der Waals surface area contributed by atoms with Crippen LogP contribution in [0, 0.1) is 11.3 Å². The Balaban J connectivity index is 1.79. The van der Waals surface area contributed by atoms with E-state index in [0.717, 1.165) is 27.9 Å². The van der Waals surface area contributed by atoms with E-state index in [1.165, 1.54) is 12.8 Å². The van der Waals surface area contributed by atoms with Gasteiger partial charge in [0.05, 0.1) is 18.2 Å². The van der Waals surface area contributed by atoms with Crippen LogP contribution in [0.4, 0.5) is 0 Å². The highest BCUT2D eigenvalue weighted by atomic mass is 32.2. The van der Waals surface area contributed by atoms with Crippen LogP contribution in [0.3, 0.4) is 0 Å². The molecule has 5 nitrogen and oxygen atoms in total. The summed E-state index contributed by atoms with van der Waals surface area (Å²) in [4.78, 5) is 0. The summed E-state index contributed by atoms with van der Waals surface area (Å²) in [5.41, 5.74) is 7.45. The van der Waals surface area contributed by atoms with E-state index in [9.17, 15) is 0 Å². The molecule has 1 aliphatic carbocycles. The van der Waals surface area contributed by atoms with Crippen molar-refractivity contribution in [1.29, 1.82) is 5.26 Å². The van der Waals surface area contributed by atoms with Gasteiger partial charge in [0.25, 0.3) is 0 Å². The van der Waals surface area contributed by atoms with Gasteiger partial charge in [-0.1, -0.05) is 30.0 Å². The Hall–Kier alpha value is -1.84. The fraction of sp³-hybridized carbons (Fsp3) is 0.357. The number of rotatable bonds is 5. The first-order chi connectivity index (χ1) is 9.83. The van der Waals surface area contributed by atoms with Gasteiger partial charge in [0.1, 0.15) is 5.82 Å². The van der Waals surface area contributed by atoms with E-state index in [1.54, 1.807) is 11.8 Å². The highest BCUT2D eigenvalue weighted by Crippen LogP contribution is 2.39. The van der Waals surface area contributed by atoms with Crippen molar-refractivity contribution < 1.29 is 0 Å². The second-order valence-electron chi connectivity index (χ2n) is 4.76. The standard InChI is InChI=1S/C14H15N5S/c15-7-10-3-1-2-4-11(10)9-20-14-18-17-13(8-16)19(14)12-5-6-12/h1-4,12H,5-6,8-9,16H2. The smallest absolute Gasteiger partial charge is 0.191 e. The van der Waals surface area contributed by atoms with Gasteiger partial charge in [-0.2, -0.15) is 5.26 Å². The van der Waals surface area contributed by atoms with E-state index < -0.39 is 0 Å². The van der Waals surface area contributed by atoms with Gasteiger partial charge in [-0.15, -0.1) is 10.2 Å². The number of nitrogens with zero attached hydrogens (tertiary/aromatic N) is 4. The number of nitriles is 1. The molecule has 0 amide bonds. The zero-order valence-electron chi connectivity index (χ0n) is 11.0. The molecule has 1 heterocycles. The van der Waals surface area contributed by atoms with Crippen LogP contribution < -0.4 is 5.73 Å². The number of thioether (sulfide) groups is 1. The van der Waals surface area contributed by atoms with E-state index >= 15 is 0 Å². The van der Waals surface area contributed by atoms with Crippen molar-refractivity contribution in [3.8, 4) is 6.07 Å². The van der Waals surface area contributed by atoms with Crippen molar-refractivity contribution in [3.05, 3.63) is 41.2 Å². The van der Waals surface area contributed by atoms with Crippen molar-refractivity contribution >= 4 is 11.8 Å². The molecule has 0 atom stereocenters. The number of aromatic nitrogens is 3. The van der Waals surface area contributed by atoms with Gasteiger partial charge < -0.3 is 10.3 Å². The summed E-state index contributed by atoms with van der Waals surface area (Å²) < 4.78 is 2.15. The van der Waals surface area contributed by atoms with Gasteiger partial charge >= 0.3 is 0 Å². The van der Waals surface area contributed by atoms with Crippen LogP contribution >= 0.6 is 11.8 Å². The molecule has 20 heavy (non-hydrogen) atoms. The van der Waals surface area contributed by atoms with Crippen molar-refractivity contribution in [2.45, 2.75) is 36.3 Å². The molecule has 1 fully saturated rings. The molecule has 0 saturated heterocycles. The first-order valence-electron chi connectivity index (χ1n) is 6.58. The average molecular weight is 285 g/mol. The number of hydrogen-bond acceptors (Lipinski definition) is 5. The van der Waals surface area contributed by atoms with Gasteiger partial charge in [0.15, 0.2) is 5.16 Å². The fourth-order valence-electron chi connectivity index (χ4n) is 2.14. The number of hydrogen-bond donors (Lipinski definition) is 1. The monoisotopic (exact) mass is 285 g/mol. The van der Waals surface area contributed by atoms with Crippen LogP contribution in [0.15, 0.2) is 29.4 Å². The molecular formula is C14H15N5S. The summed E-state index contributed by atoms with van der Waals surface area (Å²) in [6.45, 7) is 0.416. The normalized spacial score (nSPS) is 14.2. The van der Waals surface area contributed by atoms with Crippen molar-refractivity contribution in [2.75, 3.05) is 0 Å². The van der Waals surface area contributed by atoms with Crippen LogP contribution in [0.5, 0.6) is 0 Å². The van der Waals surface area contributed by atoms with Gasteiger partial charge in [-0.25, -0.2) is 0 Å². The number of benzene rings is 1. The predicted octanol–water partition coefficient (Wildman–Crippen LogP) is 2.24. The van der Waals surface area contributed by atoms with Crippen LogP contribution in [0.25, 0.3) is 0 Å². The summed E-state index contributed by atoms with van der Waals surface area (Å²) in [7, 11) is 0. The Bertz CT molecular complexity index is 654. The van der Waals surface area contributed by atoms with Crippen LogP contribution in [-0.2, 0) is 12.3 Å². The molecule has 0 unspecified atom stereocenters. The lowest BCUT2D eigenvalue weighted by molar-refractivity contribution is 0.626. The van der Waals surface area contributed by atoms with Crippen molar-refractivity contribution in [2.24, 2.45) is 5.73 Å². The van der Waals surface area contributed by atoms with Gasteiger partial charge in [0, 0.05) is 11.8 Å². The maximum Gasteiger partial charge on any atom is 0.191 e. The average Bonchev–Trinajstić information content (AvgIpc) is 3.25. The Morgan fingerprint density at radius 1 is 1.35 bits per heavy atom. The first-order valence-corrected chi connectivity index (χ1v) is 7.56. The third-order valence-corrected chi connectivity index (χ3v) is 4.32. The minimum Gasteiger partial charge on any atom is -0.324 e. The van der Waals surface area contributed by atoms with E-state index in [-0.39, 0.29) is 0 Å². The van der Waals surface area contributed by atoms with E-state index in [1.807, 2.05) is 24.3 Å². The second kappa shape index (κ2) is 5.65. The minimum absolute atomic E-state index is 0.416. The zero-order chi connectivity index (χ0) is 13.9. The first kappa shape index (κ1) is 13.2. The summed E-state index contributed by atoms with van der Waals surface area (Å²) in [5, 5.41) is 18.4. The largest absolute Gasteiger partial charge is 0.324 e. The highest BCUT2D eigenvalue weighted by Gasteiger charge is 2.29. The summed E-state index contributed by atoms with van der Waals surface area (Å²) in [6, 6.07) is 10.4. The lowest BCUT2D eigenvalue weighted by atomic mass is 10.1. The summed E-state index contributed by atoms with van der Waals surface area (Å²) >= 11 is 1.62. The molecule has 102 valence electrons. The molecule has 1 saturated carbocycles. The third-order valence-electron chi connectivity index (χ3n) is 3.32. The SMILES string of the molecule is N#Cc1ccccc1CSc1nnc(CN)n1C1CC1. The van der Waals surface area contributed by atoms with E-state index in [4.69, 9.17) is 11.0 Å². The topological polar surface area (TPSA) is 80.5 Å². The molecule has 2 aromatic rings. The minimum atomic E-state index is 0.416. The molecular weight excluding hydrogens is 270 g/mol. The van der Waals surface area contributed by atoms with E-state index in [2.05, 4.69) is 20.8 Å². The molecule has 1 aromatic heterocycles. The zero-order valence-corrected chi connectivity index (χ0v) is 11.8. The Morgan fingerprint density at radius 2 is 2.15 bits per heavy atom.